The second-order valence-electron chi connectivity index (χ2n) is 3.80. The molecule has 0 aliphatic heterocycles. The van der Waals surface area contributed by atoms with E-state index in [9.17, 15) is 5.11 Å². The van der Waals surface area contributed by atoms with Crippen molar-refractivity contribution in [3.05, 3.63) is 12.7 Å². The molecular formula is C9H15N3O. The van der Waals surface area contributed by atoms with Gasteiger partial charge >= 0.3 is 0 Å². The van der Waals surface area contributed by atoms with Crippen LogP contribution < -0.4 is 0 Å². The van der Waals surface area contributed by atoms with E-state index in [1.165, 1.54) is 6.42 Å². The van der Waals surface area contributed by atoms with E-state index in [0.717, 1.165) is 25.8 Å². The van der Waals surface area contributed by atoms with Gasteiger partial charge in [-0.3, -0.25) is 4.68 Å². The molecule has 0 bridgehead atoms. The lowest BCUT2D eigenvalue weighted by molar-refractivity contribution is 0.0941. The molecule has 1 aromatic rings. The molecule has 1 N–H and O–H groups in total. The molecule has 1 aliphatic rings. The first-order valence-corrected chi connectivity index (χ1v) is 4.85. The number of hydrogen-bond donors (Lipinski definition) is 1. The molecule has 4 nitrogen and oxygen atoms in total. The second-order valence-corrected chi connectivity index (χ2v) is 3.80. The van der Waals surface area contributed by atoms with Crippen molar-refractivity contribution in [2.75, 3.05) is 0 Å². The van der Waals surface area contributed by atoms with Gasteiger partial charge in [0.25, 0.3) is 0 Å². The molecule has 72 valence electrons. The van der Waals surface area contributed by atoms with Crippen molar-refractivity contribution < 1.29 is 5.11 Å². The van der Waals surface area contributed by atoms with Crippen molar-refractivity contribution in [2.45, 2.75) is 38.3 Å². The van der Waals surface area contributed by atoms with Crippen LogP contribution in [-0.4, -0.2) is 26.0 Å². The summed E-state index contributed by atoms with van der Waals surface area (Å²) >= 11 is 0. The largest absolute Gasteiger partial charge is 0.393 e. The van der Waals surface area contributed by atoms with Crippen molar-refractivity contribution in [2.24, 2.45) is 5.92 Å². The average molecular weight is 181 g/mol. The van der Waals surface area contributed by atoms with Gasteiger partial charge in [0.05, 0.1) is 6.10 Å². The van der Waals surface area contributed by atoms with Gasteiger partial charge in [0, 0.05) is 6.54 Å². The third-order valence-electron chi connectivity index (χ3n) is 2.67. The van der Waals surface area contributed by atoms with Gasteiger partial charge in [-0.25, -0.2) is 4.98 Å². The van der Waals surface area contributed by atoms with Crippen molar-refractivity contribution in [3.63, 3.8) is 0 Å². The lowest BCUT2D eigenvalue weighted by Gasteiger charge is -2.25. The number of aliphatic hydroxyl groups excluding tert-OH is 1. The van der Waals surface area contributed by atoms with E-state index in [-0.39, 0.29) is 6.10 Å². The van der Waals surface area contributed by atoms with Gasteiger partial charge in [-0.15, -0.1) is 0 Å². The van der Waals surface area contributed by atoms with Crippen LogP contribution in [0.3, 0.4) is 0 Å². The van der Waals surface area contributed by atoms with Gasteiger partial charge in [-0.05, 0) is 25.2 Å². The van der Waals surface area contributed by atoms with Crippen LogP contribution in [0.15, 0.2) is 12.7 Å². The minimum Gasteiger partial charge on any atom is -0.393 e. The minimum atomic E-state index is -0.0951. The van der Waals surface area contributed by atoms with Crippen LogP contribution in [0.25, 0.3) is 0 Å². The molecule has 0 spiro atoms. The highest BCUT2D eigenvalue weighted by atomic mass is 16.3. The second kappa shape index (κ2) is 3.87. The van der Waals surface area contributed by atoms with E-state index in [1.807, 2.05) is 4.68 Å². The third kappa shape index (κ3) is 2.28. The first-order chi connectivity index (χ1) is 6.34. The van der Waals surface area contributed by atoms with Gasteiger partial charge < -0.3 is 5.11 Å². The zero-order valence-corrected chi connectivity index (χ0v) is 7.63. The molecule has 0 radical (unpaired) electrons. The number of rotatable bonds is 2. The predicted octanol–water partition coefficient (Wildman–Crippen LogP) is 0.829. The fourth-order valence-corrected chi connectivity index (χ4v) is 2.02. The molecule has 1 heterocycles. The van der Waals surface area contributed by atoms with Crippen molar-refractivity contribution in [1.29, 1.82) is 0 Å². The Labute approximate surface area is 77.6 Å². The molecule has 2 unspecified atom stereocenters. The summed E-state index contributed by atoms with van der Waals surface area (Å²) in [5.41, 5.74) is 0. The summed E-state index contributed by atoms with van der Waals surface area (Å²) < 4.78 is 1.85. The lowest BCUT2D eigenvalue weighted by atomic mass is 9.87. The first kappa shape index (κ1) is 8.69. The molecular weight excluding hydrogens is 166 g/mol. The topological polar surface area (TPSA) is 50.9 Å². The van der Waals surface area contributed by atoms with Crippen molar-refractivity contribution >= 4 is 0 Å². The van der Waals surface area contributed by atoms with Crippen molar-refractivity contribution in [1.82, 2.24) is 14.8 Å². The summed E-state index contributed by atoms with van der Waals surface area (Å²) in [4.78, 5) is 3.90. The van der Waals surface area contributed by atoms with Gasteiger partial charge in [0.2, 0.25) is 0 Å². The van der Waals surface area contributed by atoms with Crippen LogP contribution in [0.2, 0.25) is 0 Å². The standard InChI is InChI=1S/C9H15N3O/c13-9-3-1-2-8(4-9)5-12-7-10-6-11-12/h6-9,13H,1-5H2. The Balaban J connectivity index is 1.87. The molecule has 1 aromatic heterocycles. The van der Waals surface area contributed by atoms with Gasteiger partial charge in [-0.2, -0.15) is 5.10 Å². The van der Waals surface area contributed by atoms with E-state index < -0.39 is 0 Å². The maximum Gasteiger partial charge on any atom is 0.137 e. The minimum absolute atomic E-state index is 0.0951. The monoisotopic (exact) mass is 181 g/mol. The molecule has 2 atom stereocenters. The number of aromatic nitrogens is 3. The van der Waals surface area contributed by atoms with Crippen LogP contribution in [0.1, 0.15) is 25.7 Å². The molecule has 4 heteroatoms. The average Bonchev–Trinajstić information content (AvgIpc) is 2.57. The van der Waals surface area contributed by atoms with Gasteiger partial charge in [0.1, 0.15) is 12.7 Å². The maximum atomic E-state index is 9.46. The van der Waals surface area contributed by atoms with Crippen LogP contribution in [-0.2, 0) is 6.54 Å². The predicted molar refractivity (Wildman–Crippen MR) is 48.0 cm³/mol. The zero-order chi connectivity index (χ0) is 9.10. The maximum absolute atomic E-state index is 9.46. The SMILES string of the molecule is OC1CCCC(Cn2cncn2)C1. The van der Waals surface area contributed by atoms with E-state index >= 15 is 0 Å². The quantitative estimate of drug-likeness (QED) is 0.735. The fraction of sp³-hybridized carbons (Fsp3) is 0.778. The molecule has 2 rings (SSSR count). The Hall–Kier alpha value is -0.900. The molecule has 1 aliphatic carbocycles. The number of hydrogen-bond acceptors (Lipinski definition) is 3. The molecule has 0 saturated heterocycles. The Kier molecular flexibility index (Phi) is 2.59. The summed E-state index contributed by atoms with van der Waals surface area (Å²) in [6.07, 6.45) is 7.42. The summed E-state index contributed by atoms with van der Waals surface area (Å²) in [6.45, 7) is 0.900. The Morgan fingerprint density at radius 2 is 2.38 bits per heavy atom. The number of aliphatic hydroxyl groups is 1. The van der Waals surface area contributed by atoms with Gasteiger partial charge in [0.15, 0.2) is 0 Å². The molecule has 0 aromatic carbocycles. The lowest BCUT2D eigenvalue weighted by Crippen LogP contribution is -2.23. The Morgan fingerprint density at radius 1 is 1.46 bits per heavy atom. The highest BCUT2D eigenvalue weighted by molar-refractivity contribution is 4.72. The van der Waals surface area contributed by atoms with E-state index in [2.05, 4.69) is 10.1 Å². The van der Waals surface area contributed by atoms with E-state index in [4.69, 9.17) is 0 Å². The Bertz CT molecular complexity index is 247. The fourth-order valence-electron chi connectivity index (χ4n) is 2.02. The van der Waals surface area contributed by atoms with E-state index in [1.54, 1.807) is 12.7 Å². The highest BCUT2D eigenvalue weighted by Crippen LogP contribution is 2.25. The first-order valence-electron chi connectivity index (χ1n) is 4.85. The summed E-state index contributed by atoms with van der Waals surface area (Å²) in [7, 11) is 0. The molecule has 13 heavy (non-hydrogen) atoms. The van der Waals surface area contributed by atoms with Gasteiger partial charge in [-0.1, -0.05) is 6.42 Å². The Morgan fingerprint density at radius 3 is 3.08 bits per heavy atom. The molecule has 1 fully saturated rings. The third-order valence-corrected chi connectivity index (χ3v) is 2.67. The normalized spacial score (nSPS) is 29.0. The number of nitrogens with zero attached hydrogens (tertiary/aromatic N) is 3. The smallest absolute Gasteiger partial charge is 0.137 e. The van der Waals surface area contributed by atoms with Crippen molar-refractivity contribution in [3.8, 4) is 0 Å². The van der Waals surface area contributed by atoms with Crippen LogP contribution in [0.4, 0.5) is 0 Å². The highest BCUT2D eigenvalue weighted by Gasteiger charge is 2.20. The van der Waals surface area contributed by atoms with E-state index in [0.29, 0.717) is 5.92 Å². The van der Waals surface area contributed by atoms with Crippen LogP contribution >= 0.6 is 0 Å². The van der Waals surface area contributed by atoms with Crippen LogP contribution in [0.5, 0.6) is 0 Å². The summed E-state index contributed by atoms with van der Waals surface area (Å²) in [5.74, 6) is 0.574. The summed E-state index contributed by atoms with van der Waals surface area (Å²) in [6, 6.07) is 0. The molecule has 1 saturated carbocycles. The van der Waals surface area contributed by atoms with Crippen LogP contribution in [0, 0.1) is 5.92 Å². The molecule has 0 amide bonds. The zero-order valence-electron chi connectivity index (χ0n) is 7.63. The summed E-state index contributed by atoms with van der Waals surface area (Å²) in [5, 5.41) is 13.5.